The van der Waals surface area contributed by atoms with Crippen LogP contribution in [0.15, 0.2) is 53.5 Å². The van der Waals surface area contributed by atoms with Crippen LogP contribution in [0.1, 0.15) is 34.8 Å². The highest BCUT2D eigenvalue weighted by Crippen LogP contribution is 2.22. The van der Waals surface area contributed by atoms with Crippen molar-refractivity contribution in [2.24, 2.45) is 0 Å². The van der Waals surface area contributed by atoms with E-state index in [1.807, 2.05) is 38.1 Å². The monoisotopic (exact) mass is 310 g/mol. The average molecular weight is 310 g/mol. The van der Waals surface area contributed by atoms with Crippen LogP contribution in [0.2, 0.25) is 0 Å². The molecule has 0 aliphatic rings. The zero-order valence-electron chi connectivity index (χ0n) is 13.3. The maximum absolute atomic E-state index is 12.4. The van der Waals surface area contributed by atoms with Gasteiger partial charge in [-0.1, -0.05) is 12.1 Å². The van der Waals surface area contributed by atoms with Crippen molar-refractivity contribution < 1.29 is 9.21 Å². The van der Waals surface area contributed by atoms with Gasteiger partial charge in [-0.15, -0.1) is 0 Å². The molecule has 3 aromatic rings. The summed E-state index contributed by atoms with van der Waals surface area (Å²) in [5.41, 5.74) is 1.96. The van der Waals surface area contributed by atoms with Gasteiger partial charge in [0.1, 0.15) is 18.4 Å². The van der Waals surface area contributed by atoms with Gasteiger partial charge in [0.25, 0.3) is 5.91 Å². The second kappa shape index (κ2) is 6.08. The number of aryl methyl sites for hydroxylation is 1. The molecule has 0 saturated heterocycles. The molecule has 3 rings (SSSR count). The number of hydrogen-bond donors (Lipinski definition) is 0. The highest BCUT2D eigenvalue weighted by atomic mass is 16.3. The Morgan fingerprint density at radius 1 is 1.22 bits per heavy atom. The van der Waals surface area contributed by atoms with Gasteiger partial charge in [0.2, 0.25) is 0 Å². The van der Waals surface area contributed by atoms with Crippen LogP contribution < -0.4 is 0 Å². The molecule has 0 aliphatic carbocycles. The predicted molar refractivity (Wildman–Crippen MR) is 85.3 cm³/mol. The summed E-state index contributed by atoms with van der Waals surface area (Å²) in [5.74, 6) is 0.952. The molecule has 0 N–H and O–H groups in total. The van der Waals surface area contributed by atoms with E-state index in [4.69, 9.17) is 4.42 Å². The van der Waals surface area contributed by atoms with Crippen molar-refractivity contribution in [1.29, 1.82) is 0 Å². The normalized spacial score (nSPS) is 12.1. The van der Waals surface area contributed by atoms with Crippen LogP contribution in [0, 0.1) is 6.92 Å². The van der Waals surface area contributed by atoms with Gasteiger partial charge in [0.15, 0.2) is 5.76 Å². The number of hydrogen-bond acceptors (Lipinski definition) is 4. The van der Waals surface area contributed by atoms with Crippen LogP contribution in [0.3, 0.4) is 0 Å². The molecule has 0 saturated carbocycles. The lowest BCUT2D eigenvalue weighted by molar-refractivity contribution is 0.0709. The Kier molecular flexibility index (Phi) is 3.97. The second-order valence-electron chi connectivity index (χ2n) is 5.43. The van der Waals surface area contributed by atoms with E-state index in [0.29, 0.717) is 5.76 Å². The first-order valence-electron chi connectivity index (χ1n) is 7.35. The van der Waals surface area contributed by atoms with Crippen molar-refractivity contribution >= 4 is 5.91 Å². The number of furan rings is 1. The van der Waals surface area contributed by atoms with Gasteiger partial charge in [-0.3, -0.25) is 4.79 Å². The minimum Gasteiger partial charge on any atom is -0.456 e. The Bertz CT molecular complexity index is 790. The van der Waals surface area contributed by atoms with E-state index in [2.05, 4.69) is 10.1 Å². The van der Waals surface area contributed by atoms with E-state index < -0.39 is 0 Å². The molecule has 0 bridgehead atoms. The molecule has 1 aromatic carbocycles. The van der Waals surface area contributed by atoms with Gasteiger partial charge in [0.05, 0.1) is 11.7 Å². The largest absolute Gasteiger partial charge is 0.456 e. The Morgan fingerprint density at radius 2 is 1.96 bits per heavy atom. The van der Waals surface area contributed by atoms with Crippen molar-refractivity contribution in [3.8, 4) is 5.69 Å². The van der Waals surface area contributed by atoms with Gasteiger partial charge in [-0.05, 0) is 43.7 Å². The molecule has 0 unspecified atom stereocenters. The van der Waals surface area contributed by atoms with Crippen molar-refractivity contribution in [3.05, 3.63) is 66.1 Å². The zero-order chi connectivity index (χ0) is 16.4. The third kappa shape index (κ3) is 3.01. The summed E-state index contributed by atoms with van der Waals surface area (Å²) in [7, 11) is 1.77. The zero-order valence-corrected chi connectivity index (χ0v) is 13.3. The molecular formula is C17H18N4O2. The van der Waals surface area contributed by atoms with E-state index in [0.717, 1.165) is 17.0 Å². The number of rotatable bonds is 4. The highest BCUT2D eigenvalue weighted by Gasteiger charge is 2.21. The summed E-state index contributed by atoms with van der Waals surface area (Å²) < 4.78 is 7.10. The molecule has 2 aromatic heterocycles. The van der Waals surface area contributed by atoms with Gasteiger partial charge in [-0.2, -0.15) is 5.10 Å². The molecular weight excluding hydrogens is 292 g/mol. The van der Waals surface area contributed by atoms with Crippen LogP contribution >= 0.6 is 0 Å². The molecule has 0 radical (unpaired) electrons. The minimum absolute atomic E-state index is 0.0716. The summed E-state index contributed by atoms with van der Waals surface area (Å²) in [6, 6.07) is 11.3. The van der Waals surface area contributed by atoms with Gasteiger partial charge < -0.3 is 9.32 Å². The number of aromatic nitrogens is 3. The van der Waals surface area contributed by atoms with Crippen molar-refractivity contribution in [3.63, 3.8) is 0 Å². The van der Waals surface area contributed by atoms with Crippen LogP contribution in [-0.4, -0.2) is 32.6 Å². The molecule has 6 heteroatoms. The molecule has 1 amide bonds. The summed E-state index contributed by atoms with van der Waals surface area (Å²) in [6.07, 6.45) is 3.14. The Hall–Kier alpha value is -2.89. The van der Waals surface area contributed by atoms with Crippen molar-refractivity contribution in [2.75, 3.05) is 7.05 Å². The van der Waals surface area contributed by atoms with Gasteiger partial charge in [0, 0.05) is 7.05 Å². The number of carbonyl (C=O) groups excluding carboxylic acids is 1. The van der Waals surface area contributed by atoms with E-state index in [-0.39, 0.29) is 11.9 Å². The Balaban J connectivity index is 1.77. The Morgan fingerprint density at radius 3 is 2.52 bits per heavy atom. The predicted octanol–water partition coefficient (Wildman–Crippen LogP) is 3.00. The lowest BCUT2D eigenvalue weighted by Crippen LogP contribution is -2.29. The maximum atomic E-state index is 12.4. The SMILES string of the molecule is Cc1ccc(C(=O)N(C)[C@@H](C)c2ccc(-n3cncn3)cc2)o1. The third-order valence-corrected chi connectivity index (χ3v) is 3.91. The van der Waals surface area contributed by atoms with Crippen LogP contribution in [0.5, 0.6) is 0 Å². The van der Waals surface area contributed by atoms with Gasteiger partial charge in [-0.25, -0.2) is 9.67 Å². The fourth-order valence-corrected chi connectivity index (χ4v) is 2.37. The molecule has 118 valence electrons. The third-order valence-electron chi connectivity index (χ3n) is 3.91. The molecule has 1 atom stereocenters. The van der Waals surface area contributed by atoms with E-state index in [1.165, 1.54) is 6.33 Å². The lowest BCUT2D eigenvalue weighted by Gasteiger charge is -2.24. The molecule has 0 aliphatic heterocycles. The first kappa shape index (κ1) is 15.0. The number of benzene rings is 1. The highest BCUT2D eigenvalue weighted by molar-refractivity contribution is 5.91. The topological polar surface area (TPSA) is 64.2 Å². The van der Waals surface area contributed by atoms with E-state index >= 15 is 0 Å². The molecule has 0 spiro atoms. The fraction of sp³-hybridized carbons (Fsp3) is 0.235. The number of amides is 1. The van der Waals surface area contributed by atoms with Crippen LogP contribution in [0.25, 0.3) is 5.69 Å². The lowest BCUT2D eigenvalue weighted by atomic mass is 10.1. The molecule has 2 heterocycles. The van der Waals surface area contributed by atoms with E-state index in [1.54, 1.807) is 35.1 Å². The summed E-state index contributed by atoms with van der Waals surface area (Å²) in [4.78, 5) is 18.0. The quantitative estimate of drug-likeness (QED) is 0.743. The molecule has 6 nitrogen and oxygen atoms in total. The number of nitrogens with zero attached hydrogens (tertiary/aromatic N) is 4. The number of carbonyl (C=O) groups is 1. The summed E-state index contributed by atoms with van der Waals surface area (Å²) in [6.45, 7) is 3.81. The summed E-state index contributed by atoms with van der Waals surface area (Å²) >= 11 is 0. The van der Waals surface area contributed by atoms with Crippen LogP contribution in [0.4, 0.5) is 0 Å². The minimum atomic E-state index is -0.133. The van der Waals surface area contributed by atoms with Crippen molar-refractivity contribution in [1.82, 2.24) is 19.7 Å². The van der Waals surface area contributed by atoms with Gasteiger partial charge >= 0.3 is 0 Å². The van der Waals surface area contributed by atoms with Crippen LogP contribution in [-0.2, 0) is 0 Å². The smallest absolute Gasteiger partial charge is 0.289 e. The van der Waals surface area contributed by atoms with Crippen molar-refractivity contribution in [2.45, 2.75) is 19.9 Å². The van der Waals surface area contributed by atoms with E-state index in [9.17, 15) is 4.79 Å². The summed E-state index contributed by atoms with van der Waals surface area (Å²) in [5, 5.41) is 4.09. The standard InChI is InChI=1S/C17H18N4O2/c1-12-4-9-16(23-12)17(22)20(3)13(2)14-5-7-15(8-6-14)21-11-18-10-19-21/h4-11,13H,1-3H3/t13-/m0/s1. The first-order valence-corrected chi connectivity index (χ1v) is 7.35. The Labute approximate surface area is 134 Å². The maximum Gasteiger partial charge on any atom is 0.289 e. The fourth-order valence-electron chi connectivity index (χ4n) is 2.37. The first-order chi connectivity index (χ1) is 11.1. The molecule has 0 fully saturated rings. The average Bonchev–Trinajstić information content (AvgIpc) is 3.24. The molecule has 23 heavy (non-hydrogen) atoms. The second-order valence-corrected chi connectivity index (χ2v) is 5.43.